The zero-order valence-electron chi connectivity index (χ0n) is 18.2. The van der Waals surface area contributed by atoms with Gasteiger partial charge in [0.05, 0.1) is 12.7 Å². The minimum Gasteiger partial charge on any atom is -0.490 e. The summed E-state index contributed by atoms with van der Waals surface area (Å²) >= 11 is 0. The highest BCUT2D eigenvalue weighted by atomic mass is 19.1. The van der Waals surface area contributed by atoms with Crippen molar-refractivity contribution in [1.82, 2.24) is 9.88 Å². The van der Waals surface area contributed by atoms with Gasteiger partial charge in [-0.05, 0) is 55.5 Å². The van der Waals surface area contributed by atoms with Gasteiger partial charge >= 0.3 is 6.09 Å². The fraction of sp³-hybridized carbons (Fsp3) is 0.478. The monoisotopic (exact) mass is 402 g/mol. The van der Waals surface area contributed by atoms with Crippen molar-refractivity contribution in [3.63, 3.8) is 0 Å². The molecular weight excluding hydrogens is 371 g/mol. The van der Waals surface area contributed by atoms with E-state index in [0.29, 0.717) is 18.8 Å². The average molecular weight is 403 g/mol. The smallest absolute Gasteiger partial charge is 0.410 e. The molecule has 29 heavy (non-hydrogen) atoms. The van der Waals surface area contributed by atoms with Gasteiger partial charge in [-0.25, -0.2) is 9.18 Å². The van der Waals surface area contributed by atoms with E-state index in [4.69, 9.17) is 9.47 Å². The highest BCUT2D eigenvalue weighted by Crippen LogP contribution is 2.24. The fourth-order valence-corrected chi connectivity index (χ4v) is 2.55. The lowest BCUT2D eigenvalue weighted by Crippen LogP contribution is -2.38. The second-order valence-corrected chi connectivity index (χ2v) is 9.04. The SMILES string of the molecule is CC(C)(C)OC(=O)N(CCOc1cncc(C(C)(C)C)c1)Cc1ccc(F)cc1. The summed E-state index contributed by atoms with van der Waals surface area (Å²) in [5, 5.41) is 0. The molecule has 0 unspecified atom stereocenters. The number of rotatable bonds is 6. The van der Waals surface area contributed by atoms with Crippen LogP contribution in [0.4, 0.5) is 9.18 Å². The molecule has 158 valence electrons. The number of hydrogen-bond donors (Lipinski definition) is 0. The summed E-state index contributed by atoms with van der Waals surface area (Å²) in [6.45, 7) is 12.7. The summed E-state index contributed by atoms with van der Waals surface area (Å²) < 4.78 is 24.5. The number of ether oxygens (including phenoxy) is 2. The van der Waals surface area contributed by atoms with Gasteiger partial charge < -0.3 is 14.4 Å². The van der Waals surface area contributed by atoms with Gasteiger partial charge in [0, 0.05) is 12.7 Å². The van der Waals surface area contributed by atoms with Crippen molar-refractivity contribution in [2.45, 2.75) is 59.1 Å². The standard InChI is InChI=1S/C23H31FN2O3/c1-22(2,3)18-13-20(15-25-14-18)28-12-11-26(21(27)29-23(4,5)6)16-17-7-9-19(24)10-8-17/h7-10,13-15H,11-12,16H2,1-6H3. The lowest BCUT2D eigenvalue weighted by Gasteiger charge is -2.27. The Bertz CT molecular complexity index is 808. The lowest BCUT2D eigenvalue weighted by molar-refractivity contribution is 0.0209. The first kappa shape index (κ1) is 22.7. The van der Waals surface area contributed by atoms with Crippen LogP contribution in [-0.2, 0) is 16.7 Å². The maximum absolute atomic E-state index is 13.2. The van der Waals surface area contributed by atoms with Crippen molar-refractivity contribution >= 4 is 6.09 Å². The van der Waals surface area contributed by atoms with E-state index in [2.05, 4.69) is 25.8 Å². The van der Waals surface area contributed by atoms with E-state index in [9.17, 15) is 9.18 Å². The summed E-state index contributed by atoms with van der Waals surface area (Å²) in [5.74, 6) is 0.343. The molecule has 0 aliphatic carbocycles. The quantitative estimate of drug-likeness (QED) is 0.655. The Morgan fingerprint density at radius 3 is 2.31 bits per heavy atom. The van der Waals surface area contributed by atoms with Crippen molar-refractivity contribution in [3.8, 4) is 5.75 Å². The van der Waals surface area contributed by atoms with Crippen LogP contribution in [0.25, 0.3) is 0 Å². The number of nitrogens with zero attached hydrogens (tertiary/aromatic N) is 2. The number of hydrogen-bond acceptors (Lipinski definition) is 4. The van der Waals surface area contributed by atoms with Crippen molar-refractivity contribution < 1.29 is 18.7 Å². The normalized spacial score (nSPS) is 11.8. The van der Waals surface area contributed by atoms with Crippen LogP contribution in [0.15, 0.2) is 42.7 Å². The van der Waals surface area contributed by atoms with Crippen LogP contribution in [0.1, 0.15) is 52.7 Å². The van der Waals surface area contributed by atoms with E-state index < -0.39 is 11.7 Å². The molecule has 0 saturated heterocycles. The first-order valence-corrected chi connectivity index (χ1v) is 9.75. The second kappa shape index (κ2) is 9.25. The Morgan fingerprint density at radius 1 is 1.07 bits per heavy atom. The van der Waals surface area contributed by atoms with Crippen molar-refractivity contribution in [3.05, 3.63) is 59.7 Å². The summed E-state index contributed by atoms with van der Waals surface area (Å²) in [7, 11) is 0. The highest BCUT2D eigenvalue weighted by molar-refractivity contribution is 5.68. The Balaban J connectivity index is 2.05. The molecule has 6 heteroatoms. The van der Waals surface area contributed by atoms with E-state index >= 15 is 0 Å². The Hall–Kier alpha value is -2.63. The Morgan fingerprint density at radius 2 is 1.72 bits per heavy atom. The van der Waals surface area contributed by atoms with E-state index in [0.717, 1.165) is 11.1 Å². The molecule has 0 aliphatic rings. The number of carbonyl (C=O) groups excluding carboxylic acids is 1. The van der Waals surface area contributed by atoms with Gasteiger partial charge in [-0.2, -0.15) is 0 Å². The van der Waals surface area contributed by atoms with Crippen LogP contribution >= 0.6 is 0 Å². The molecule has 1 amide bonds. The largest absolute Gasteiger partial charge is 0.490 e. The molecule has 5 nitrogen and oxygen atoms in total. The van der Waals surface area contributed by atoms with Crippen LogP contribution in [0.3, 0.4) is 0 Å². The number of amides is 1. The van der Waals surface area contributed by atoms with Gasteiger partial charge in [0.25, 0.3) is 0 Å². The first-order chi connectivity index (χ1) is 13.4. The zero-order valence-corrected chi connectivity index (χ0v) is 18.2. The summed E-state index contributed by atoms with van der Waals surface area (Å²) in [5.41, 5.74) is 1.25. The summed E-state index contributed by atoms with van der Waals surface area (Å²) in [6, 6.07) is 8.03. The van der Waals surface area contributed by atoms with Crippen molar-refractivity contribution in [2.75, 3.05) is 13.2 Å². The maximum atomic E-state index is 13.2. The fourth-order valence-electron chi connectivity index (χ4n) is 2.55. The minimum atomic E-state index is -0.607. The number of benzene rings is 1. The van der Waals surface area contributed by atoms with Crippen molar-refractivity contribution in [2.24, 2.45) is 0 Å². The van der Waals surface area contributed by atoms with Gasteiger partial charge in [0.1, 0.15) is 23.8 Å². The third-order valence-corrected chi connectivity index (χ3v) is 4.15. The van der Waals surface area contributed by atoms with Crippen molar-refractivity contribution in [1.29, 1.82) is 0 Å². The van der Waals surface area contributed by atoms with E-state index in [-0.39, 0.29) is 17.8 Å². The zero-order chi connectivity index (χ0) is 21.7. The second-order valence-electron chi connectivity index (χ2n) is 9.04. The topological polar surface area (TPSA) is 51.7 Å². The molecule has 1 aromatic heterocycles. The molecule has 0 aliphatic heterocycles. The van der Waals surface area contributed by atoms with Crippen LogP contribution in [0, 0.1) is 5.82 Å². The molecule has 0 saturated carbocycles. The molecule has 0 radical (unpaired) electrons. The van der Waals surface area contributed by atoms with E-state index in [1.54, 1.807) is 23.2 Å². The third-order valence-electron chi connectivity index (χ3n) is 4.15. The highest BCUT2D eigenvalue weighted by Gasteiger charge is 2.22. The molecule has 2 aromatic rings. The molecule has 1 heterocycles. The van der Waals surface area contributed by atoms with Crippen LogP contribution in [0.2, 0.25) is 0 Å². The molecule has 1 aromatic carbocycles. The Kier molecular flexibility index (Phi) is 7.22. The molecular formula is C23H31FN2O3. The third kappa shape index (κ3) is 7.72. The molecule has 0 spiro atoms. The average Bonchev–Trinajstić information content (AvgIpc) is 2.60. The van der Waals surface area contributed by atoms with Gasteiger partial charge in [0.15, 0.2) is 0 Å². The van der Waals surface area contributed by atoms with Gasteiger partial charge in [-0.3, -0.25) is 4.98 Å². The van der Waals surface area contributed by atoms with Crippen LogP contribution in [0.5, 0.6) is 5.75 Å². The number of pyridine rings is 1. The predicted molar refractivity (Wildman–Crippen MR) is 111 cm³/mol. The van der Waals surface area contributed by atoms with Crippen LogP contribution < -0.4 is 4.74 Å². The van der Waals surface area contributed by atoms with E-state index in [1.807, 2.05) is 33.0 Å². The summed E-state index contributed by atoms with van der Waals surface area (Å²) in [6.07, 6.45) is 3.05. The predicted octanol–water partition coefficient (Wildman–Crippen LogP) is 5.33. The number of aromatic nitrogens is 1. The molecule has 2 rings (SSSR count). The first-order valence-electron chi connectivity index (χ1n) is 9.75. The molecule has 0 N–H and O–H groups in total. The minimum absolute atomic E-state index is 0.0303. The number of halogens is 1. The summed E-state index contributed by atoms with van der Waals surface area (Å²) in [4.78, 5) is 18.4. The molecule has 0 bridgehead atoms. The molecule has 0 fully saturated rings. The van der Waals surface area contributed by atoms with Gasteiger partial charge in [-0.15, -0.1) is 0 Å². The van der Waals surface area contributed by atoms with Crippen LogP contribution in [-0.4, -0.2) is 34.7 Å². The maximum Gasteiger partial charge on any atom is 0.410 e. The molecule has 0 atom stereocenters. The van der Waals surface area contributed by atoms with Gasteiger partial charge in [-0.1, -0.05) is 32.9 Å². The van der Waals surface area contributed by atoms with Gasteiger partial charge in [0.2, 0.25) is 0 Å². The van der Waals surface area contributed by atoms with E-state index in [1.165, 1.54) is 12.1 Å². The lowest BCUT2D eigenvalue weighted by atomic mass is 9.88. The Labute approximate surface area is 172 Å². The number of carbonyl (C=O) groups is 1.